The van der Waals surface area contributed by atoms with E-state index in [-0.39, 0.29) is 5.56 Å². The molecule has 0 aliphatic carbocycles. The molecule has 0 aromatic heterocycles. The third-order valence-corrected chi connectivity index (χ3v) is 3.34. The second-order valence-corrected chi connectivity index (χ2v) is 5.20. The maximum atomic E-state index is 11.0. The highest BCUT2D eigenvalue weighted by molar-refractivity contribution is 5.87. The molecule has 2 aromatic carbocycles. The van der Waals surface area contributed by atoms with Crippen LogP contribution in [-0.2, 0) is 11.3 Å². The number of aromatic carboxylic acids is 1. The van der Waals surface area contributed by atoms with Crippen LogP contribution in [0.3, 0.4) is 0 Å². The number of carboxylic acid groups (broad SMARTS) is 1. The van der Waals surface area contributed by atoms with Crippen molar-refractivity contribution in [2.45, 2.75) is 13.5 Å². The molecule has 0 bridgehead atoms. The van der Waals surface area contributed by atoms with Crippen molar-refractivity contribution in [2.24, 2.45) is 0 Å². The molecule has 0 saturated heterocycles. The molecule has 0 saturated carbocycles. The quantitative estimate of drug-likeness (QED) is 0.731. The van der Waals surface area contributed by atoms with E-state index in [0.29, 0.717) is 19.8 Å². The van der Waals surface area contributed by atoms with Crippen LogP contribution in [0, 0.1) is 6.92 Å². The van der Waals surface area contributed by atoms with Gasteiger partial charge in [0.2, 0.25) is 0 Å². The molecular formula is C18H21NO4. The first-order valence-corrected chi connectivity index (χ1v) is 7.38. The van der Waals surface area contributed by atoms with E-state index < -0.39 is 5.97 Å². The van der Waals surface area contributed by atoms with Crippen LogP contribution in [0.15, 0.2) is 42.5 Å². The molecule has 0 fully saturated rings. The van der Waals surface area contributed by atoms with Crippen molar-refractivity contribution in [3.63, 3.8) is 0 Å². The highest BCUT2D eigenvalue weighted by Gasteiger charge is 2.06. The first kappa shape index (κ1) is 16.8. The van der Waals surface area contributed by atoms with Crippen molar-refractivity contribution >= 4 is 11.7 Å². The molecular weight excluding hydrogens is 294 g/mol. The van der Waals surface area contributed by atoms with Crippen LogP contribution in [0.1, 0.15) is 21.5 Å². The minimum absolute atomic E-state index is 0.282. The molecule has 0 unspecified atom stereocenters. The number of hydrogen-bond donors (Lipinski definition) is 2. The molecule has 0 aliphatic heterocycles. The molecule has 23 heavy (non-hydrogen) atoms. The van der Waals surface area contributed by atoms with Crippen LogP contribution in [-0.4, -0.2) is 31.4 Å². The van der Waals surface area contributed by atoms with Gasteiger partial charge in [0.15, 0.2) is 0 Å². The average molecular weight is 315 g/mol. The summed E-state index contributed by atoms with van der Waals surface area (Å²) in [6.45, 7) is 3.52. The van der Waals surface area contributed by atoms with Crippen molar-refractivity contribution in [3.8, 4) is 5.75 Å². The highest BCUT2D eigenvalue weighted by Crippen LogP contribution is 2.26. The lowest BCUT2D eigenvalue weighted by molar-refractivity contribution is 0.0696. The van der Waals surface area contributed by atoms with Gasteiger partial charge in [-0.15, -0.1) is 0 Å². The minimum Gasteiger partial charge on any atom is -0.489 e. The van der Waals surface area contributed by atoms with Gasteiger partial charge in [-0.25, -0.2) is 4.79 Å². The summed E-state index contributed by atoms with van der Waals surface area (Å²) in [6, 6.07) is 12.8. The lowest BCUT2D eigenvalue weighted by Gasteiger charge is -2.14. The smallest absolute Gasteiger partial charge is 0.335 e. The van der Waals surface area contributed by atoms with E-state index >= 15 is 0 Å². The predicted molar refractivity (Wildman–Crippen MR) is 89.3 cm³/mol. The van der Waals surface area contributed by atoms with Crippen LogP contribution in [0.4, 0.5) is 5.69 Å². The van der Waals surface area contributed by atoms with Gasteiger partial charge in [-0.3, -0.25) is 0 Å². The number of rotatable bonds is 8. The van der Waals surface area contributed by atoms with Crippen LogP contribution in [0.5, 0.6) is 5.75 Å². The van der Waals surface area contributed by atoms with Gasteiger partial charge in [0, 0.05) is 13.7 Å². The largest absolute Gasteiger partial charge is 0.489 e. The fourth-order valence-electron chi connectivity index (χ4n) is 2.14. The summed E-state index contributed by atoms with van der Waals surface area (Å²) in [4.78, 5) is 11.0. The Hall–Kier alpha value is -2.53. The molecule has 2 aromatic rings. The van der Waals surface area contributed by atoms with Gasteiger partial charge in [0.25, 0.3) is 0 Å². The molecule has 5 heteroatoms. The van der Waals surface area contributed by atoms with E-state index in [2.05, 4.69) is 5.32 Å². The van der Waals surface area contributed by atoms with E-state index in [1.165, 1.54) is 0 Å². The van der Waals surface area contributed by atoms with E-state index in [1.54, 1.807) is 25.3 Å². The molecule has 0 atom stereocenters. The third-order valence-electron chi connectivity index (χ3n) is 3.34. The van der Waals surface area contributed by atoms with Crippen LogP contribution in [0.25, 0.3) is 0 Å². The van der Waals surface area contributed by atoms with Gasteiger partial charge in [-0.05, 0) is 42.3 Å². The van der Waals surface area contributed by atoms with Gasteiger partial charge in [0.1, 0.15) is 12.4 Å². The molecule has 122 valence electrons. The Labute approximate surface area is 135 Å². The number of ether oxygens (including phenoxy) is 2. The number of aryl methyl sites for hydroxylation is 1. The fraction of sp³-hybridized carbons (Fsp3) is 0.278. The average Bonchev–Trinajstić information content (AvgIpc) is 2.54. The standard InChI is InChI=1S/C18H21NO4/c1-13-6-7-16(17(10-13)23-9-8-22-2)19-12-14-4-3-5-15(11-14)18(20)21/h3-7,10-11,19H,8-9,12H2,1-2H3,(H,20,21). The van der Waals surface area contributed by atoms with E-state index in [9.17, 15) is 4.79 Å². The van der Waals surface area contributed by atoms with Crippen LogP contribution < -0.4 is 10.1 Å². The van der Waals surface area contributed by atoms with Crippen LogP contribution >= 0.6 is 0 Å². The molecule has 0 heterocycles. The number of carboxylic acids is 1. The Morgan fingerprint density at radius 3 is 2.74 bits per heavy atom. The number of hydrogen-bond acceptors (Lipinski definition) is 4. The van der Waals surface area contributed by atoms with Gasteiger partial charge < -0.3 is 19.9 Å². The van der Waals surface area contributed by atoms with Crippen molar-refractivity contribution in [2.75, 3.05) is 25.6 Å². The summed E-state index contributed by atoms with van der Waals surface area (Å²) in [5.74, 6) is -0.165. The van der Waals surface area contributed by atoms with Gasteiger partial charge in [-0.1, -0.05) is 18.2 Å². The Morgan fingerprint density at radius 1 is 1.17 bits per heavy atom. The van der Waals surface area contributed by atoms with Crippen molar-refractivity contribution < 1.29 is 19.4 Å². The molecule has 2 rings (SSSR count). The maximum absolute atomic E-state index is 11.0. The van der Waals surface area contributed by atoms with Gasteiger partial charge in [0.05, 0.1) is 17.9 Å². The Balaban J connectivity index is 2.07. The zero-order chi connectivity index (χ0) is 16.7. The Morgan fingerprint density at radius 2 is 2.00 bits per heavy atom. The Kier molecular flexibility index (Phi) is 6.00. The SMILES string of the molecule is COCCOc1cc(C)ccc1NCc1cccc(C(=O)O)c1. The zero-order valence-corrected chi connectivity index (χ0v) is 13.3. The molecule has 5 nitrogen and oxygen atoms in total. The summed E-state index contributed by atoms with van der Waals surface area (Å²) in [5, 5.41) is 12.3. The zero-order valence-electron chi connectivity index (χ0n) is 13.3. The second-order valence-electron chi connectivity index (χ2n) is 5.20. The monoisotopic (exact) mass is 315 g/mol. The summed E-state index contributed by atoms with van der Waals surface area (Å²) < 4.78 is 10.7. The van der Waals surface area contributed by atoms with E-state index in [4.69, 9.17) is 14.6 Å². The Bertz CT molecular complexity index is 670. The first-order chi connectivity index (χ1) is 11.1. The molecule has 0 spiro atoms. The summed E-state index contributed by atoms with van der Waals surface area (Å²) in [7, 11) is 1.63. The molecule has 0 aliphatic rings. The summed E-state index contributed by atoms with van der Waals surface area (Å²) in [6.07, 6.45) is 0. The topological polar surface area (TPSA) is 67.8 Å². The summed E-state index contributed by atoms with van der Waals surface area (Å²) in [5.41, 5.74) is 3.15. The lowest BCUT2D eigenvalue weighted by atomic mass is 10.1. The van der Waals surface area contributed by atoms with Crippen LogP contribution in [0.2, 0.25) is 0 Å². The lowest BCUT2D eigenvalue weighted by Crippen LogP contribution is -2.08. The molecule has 0 amide bonds. The predicted octanol–water partition coefficient (Wildman–Crippen LogP) is 3.33. The minimum atomic E-state index is -0.925. The maximum Gasteiger partial charge on any atom is 0.335 e. The molecule has 2 N–H and O–H groups in total. The number of carbonyl (C=O) groups is 1. The fourth-order valence-corrected chi connectivity index (χ4v) is 2.14. The number of benzene rings is 2. The van der Waals surface area contributed by atoms with Crippen molar-refractivity contribution in [1.29, 1.82) is 0 Å². The molecule has 0 radical (unpaired) electrons. The number of anilines is 1. The first-order valence-electron chi connectivity index (χ1n) is 7.38. The normalized spacial score (nSPS) is 10.3. The third kappa shape index (κ3) is 5.00. The summed E-state index contributed by atoms with van der Waals surface area (Å²) >= 11 is 0. The van der Waals surface area contributed by atoms with Crippen molar-refractivity contribution in [3.05, 3.63) is 59.2 Å². The van der Waals surface area contributed by atoms with Gasteiger partial charge >= 0.3 is 5.97 Å². The number of methoxy groups -OCH3 is 1. The highest BCUT2D eigenvalue weighted by atomic mass is 16.5. The van der Waals surface area contributed by atoms with Crippen molar-refractivity contribution in [1.82, 2.24) is 0 Å². The second kappa shape index (κ2) is 8.19. The van der Waals surface area contributed by atoms with E-state index in [0.717, 1.165) is 22.6 Å². The van der Waals surface area contributed by atoms with Gasteiger partial charge in [-0.2, -0.15) is 0 Å². The number of nitrogens with one attached hydrogen (secondary N) is 1. The van der Waals surface area contributed by atoms with E-state index in [1.807, 2.05) is 31.2 Å².